The maximum Gasteiger partial charge on any atom is 0.187 e. The molecule has 2 heterocycles. The molecule has 0 aliphatic carbocycles. The van der Waals surface area contributed by atoms with Crippen LogP contribution in [0.15, 0.2) is 58.4 Å². The van der Waals surface area contributed by atoms with Crippen molar-refractivity contribution in [2.45, 2.75) is 18.1 Å². The zero-order valence-corrected chi connectivity index (χ0v) is 15.1. The largest absolute Gasteiger partial charge is 0.455 e. The summed E-state index contributed by atoms with van der Waals surface area (Å²) in [5.74, 6) is 2.14. The van der Waals surface area contributed by atoms with Crippen LogP contribution in [0, 0.1) is 5.82 Å². The predicted molar refractivity (Wildman–Crippen MR) is 97.0 cm³/mol. The van der Waals surface area contributed by atoms with E-state index in [1.807, 2.05) is 18.2 Å². The zero-order valence-electron chi connectivity index (χ0n) is 13.5. The van der Waals surface area contributed by atoms with Crippen LogP contribution in [0.1, 0.15) is 12.2 Å². The maximum atomic E-state index is 13.2. The molecule has 3 rings (SSSR count). The van der Waals surface area contributed by atoms with Gasteiger partial charge in [0.15, 0.2) is 10.9 Å². The highest BCUT2D eigenvalue weighted by Gasteiger charge is 2.08. The van der Waals surface area contributed by atoms with Gasteiger partial charge in [-0.05, 0) is 36.4 Å². The molecule has 0 fully saturated rings. The molecule has 0 spiro atoms. The summed E-state index contributed by atoms with van der Waals surface area (Å²) in [5.41, 5.74) is 0.775. The minimum absolute atomic E-state index is 0.0990. The number of thioether (sulfide) groups is 1. The lowest BCUT2D eigenvalue weighted by molar-refractivity contribution is -0.672. The standard InChI is InChI=1S/C18H17ClFN3OS/c19-15-11-13(3-5-16(15)20)17-6-4-14(24-17)12-21-7-2-10-25-18-22-8-1-9-23-18/h1,3-6,8-9,11,21H,2,7,10,12H2/p+1. The van der Waals surface area contributed by atoms with Crippen LogP contribution in [0.2, 0.25) is 5.02 Å². The third-order valence-electron chi connectivity index (χ3n) is 3.54. The summed E-state index contributed by atoms with van der Waals surface area (Å²) in [4.78, 5) is 8.36. The minimum Gasteiger partial charge on any atom is -0.455 e. The van der Waals surface area contributed by atoms with Crippen LogP contribution in [-0.2, 0) is 6.54 Å². The quantitative estimate of drug-likeness (QED) is 0.368. The van der Waals surface area contributed by atoms with Crippen LogP contribution in [-0.4, -0.2) is 22.3 Å². The fraction of sp³-hybridized carbons (Fsp3) is 0.222. The number of rotatable bonds is 8. The Morgan fingerprint density at radius 2 is 2.00 bits per heavy atom. The molecule has 0 saturated heterocycles. The molecule has 4 nitrogen and oxygen atoms in total. The Kier molecular flexibility index (Phi) is 6.44. The first kappa shape index (κ1) is 17.9. The zero-order chi connectivity index (χ0) is 17.5. The number of benzene rings is 1. The molecule has 0 aliphatic rings. The van der Waals surface area contributed by atoms with Gasteiger partial charge in [0.2, 0.25) is 0 Å². The van der Waals surface area contributed by atoms with Gasteiger partial charge in [0.05, 0.1) is 11.6 Å². The Hall–Kier alpha value is -1.89. The fourth-order valence-corrected chi connectivity index (χ4v) is 3.23. The molecule has 0 bridgehead atoms. The third kappa shape index (κ3) is 5.29. The molecule has 2 N–H and O–H groups in total. The molecule has 0 radical (unpaired) electrons. The molecule has 25 heavy (non-hydrogen) atoms. The lowest BCUT2D eigenvalue weighted by Gasteiger charge is -2.01. The van der Waals surface area contributed by atoms with Crippen molar-refractivity contribution >= 4 is 23.4 Å². The van der Waals surface area contributed by atoms with E-state index in [0.29, 0.717) is 5.76 Å². The highest BCUT2D eigenvalue weighted by molar-refractivity contribution is 7.99. The SMILES string of the molecule is Fc1ccc(-c2ccc(C[NH2+]CCCSc3ncccn3)o2)cc1Cl. The average Bonchev–Trinajstić information content (AvgIpc) is 3.10. The van der Waals surface area contributed by atoms with Crippen molar-refractivity contribution in [1.29, 1.82) is 0 Å². The van der Waals surface area contributed by atoms with Crippen molar-refractivity contribution in [1.82, 2.24) is 9.97 Å². The second-order valence-electron chi connectivity index (χ2n) is 5.41. The average molecular weight is 379 g/mol. The van der Waals surface area contributed by atoms with E-state index in [-0.39, 0.29) is 5.02 Å². The summed E-state index contributed by atoms with van der Waals surface area (Å²) in [6, 6.07) is 10.2. The second kappa shape index (κ2) is 8.99. The van der Waals surface area contributed by atoms with Crippen LogP contribution in [0.5, 0.6) is 0 Å². The molecule has 130 valence electrons. The van der Waals surface area contributed by atoms with Crippen LogP contribution < -0.4 is 5.32 Å². The van der Waals surface area contributed by atoms with Crippen LogP contribution in [0.3, 0.4) is 0 Å². The van der Waals surface area contributed by atoms with Crippen molar-refractivity contribution < 1.29 is 14.1 Å². The third-order valence-corrected chi connectivity index (χ3v) is 4.79. The molecule has 0 atom stereocenters. The predicted octanol–water partition coefficient (Wildman–Crippen LogP) is 3.77. The number of quaternary nitrogens is 1. The monoisotopic (exact) mass is 378 g/mol. The lowest BCUT2D eigenvalue weighted by atomic mass is 10.2. The summed E-state index contributed by atoms with van der Waals surface area (Å²) in [6.45, 7) is 1.76. The van der Waals surface area contributed by atoms with E-state index in [4.69, 9.17) is 16.0 Å². The van der Waals surface area contributed by atoms with Gasteiger partial charge in [-0.1, -0.05) is 23.4 Å². The molecule has 0 saturated carbocycles. The molecule has 2 aromatic heterocycles. The second-order valence-corrected chi connectivity index (χ2v) is 6.88. The van der Waals surface area contributed by atoms with E-state index in [1.54, 1.807) is 36.3 Å². The minimum atomic E-state index is -0.427. The highest BCUT2D eigenvalue weighted by atomic mass is 35.5. The van der Waals surface area contributed by atoms with Crippen molar-refractivity contribution in [3.05, 3.63) is 65.4 Å². The number of hydrogen-bond acceptors (Lipinski definition) is 4. The first-order chi connectivity index (χ1) is 12.2. The Bertz CT molecular complexity index is 813. The first-order valence-corrected chi connectivity index (χ1v) is 9.34. The normalized spacial score (nSPS) is 11.0. The molecular formula is C18H18ClFN3OS+. The smallest absolute Gasteiger partial charge is 0.187 e. The topological polar surface area (TPSA) is 55.5 Å². The van der Waals surface area contributed by atoms with E-state index in [1.165, 1.54) is 6.07 Å². The number of halogens is 2. The number of hydrogen-bond donors (Lipinski definition) is 1. The van der Waals surface area contributed by atoms with Gasteiger partial charge in [0.1, 0.15) is 18.1 Å². The molecule has 0 aliphatic heterocycles. The van der Waals surface area contributed by atoms with E-state index >= 15 is 0 Å². The van der Waals surface area contributed by atoms with Gasteiger partial charge in [-0.3, -0.25) is 0 Å². The van der Waals surface area contributed by atoms with Gasteiger partial charge in [-0.25, -0.2) is 14.4 Å². The number of aromatic nitrogens is 2. The van der Waals surface area contributed by atoms with E-state index in [0.717, 1.165) is 41.7 Å². The van der Waals surface area contributed by atoms with Crippen molar-refractivity contribution in [2.24, 2.45) is 0 Å². The van der Waals surface area contributed by atoms with Gasteiger partial charge in [0.25, 0.3) is 0 Å². The molecular weight excluding hydrogens is 361 g/mol. The summed E-state index contributed by atoms with van der Waals surface area (Å²) in [5, 5.41) is 3.12. The summed E-state index contributed by atoms with van der Waals surface area (Å²) >= 11 is 7.47. The van der Waals surface area contributed by atoms with Gasteiger partial charge >= 0.3 is 0 Å². The van der Waals surface area contributed by atoms with Gasteiger partial charge in [-0.15, -0.1) is 0 Å². The Labute approximate surface area is 154 Å². The maximum absolute atomic E-state index is 13.2. The van der Waals surface area contributed by atoms with Gasteiger partial charge in [0, 0.05) is 30.1 Å². The molecule has 1 aromatic carbocycles. The number of furan rings is 1. The molecule has 0 amide bonds. The summed E-state index contributed by atoms with van der Waals surface area (Å²) < 4.78 is 19.0. The number of nitrogens with two attached hydrogens (primary N) is 1. The van der Waals surface area contributed by atoms with Crippen LogP contribution in [0.25, 0.3) is 11.3 Å². The van der Waals surface area contributed by atoms with Gasteiger partial charge in [-0.2, -0.15) is 0 Å². The summed E-state index contributed by atoms with van der Waals surface area (Å²) in [7, 11) is 0. The van der Waals surface area contributed by atoms with Crippen LogP contribution >= 0.6 is 23.4 Å². The van der Waals surface area contributed by atoms with Crippen molar-refractivity contribution in [2.75, 3.05) is 12.3 Å². The van der Waals surface area contributed by atoms with Gasteiger partial charge < -0.3 is 9.73 Å². The van der Waals surface area contributed by atoms with E-state index < -0.39 is 5.82 Å². The Morgan fingerprint density at radius 3 is 2.80 bits per heavy atom. The molecule has 7 heteroatoms. The van der Waals surface area contributed by atoms with Crippen molar-refractivity contribution in [3.8, 4) is 11.3 Å². The highest BCUT2D eigenvalue weighted by Crippen LogP contribution is 2.26. The lowest BCUT2D eigenvalue weighted by Crippen LogP contribution is -2.82. The Balaban J connectivity index is 1.40. The summed E-state index contributed by atoms with van der Waals surface area (Å²) in [6.07, 6.45) is 4.57. The van der Waals surface area contributed by atoms with E-state index in [9.17, 15) is 4.39 Å². The molecule has 3 aromatic rings. The Morgan fingerprint density at radius 1 is 1.16 bits per heavy atom. The fourth-order valence-electron chi connectivity index (χ4n) is 2.29. The van der Waals surface area contributed by atoms with E-state index in [2.05, 4.69) is 15.3 Å². The van der Waals surface area contributed by atoms with Crippen molar-refractivity contribution in [3.63, 3.8) is 0 Å². The number of nitrogens with zero attached hydrogens (tertiary/aromatic N) is 2. The molecule has 0 unspecified atom stereocenters. The first-order valence-electron chi connectivity index (χ1n) is 7.98. The van der Waals surface area contributed by atoms with Crippen LogP contribution in [0.4, 0.5) is 4.39 Å².